The first-order chi connectivity index (χ1) is 9.98. The Kier molecular flexibility index (Phi) is 5.66. The van der Waals surface area contributed by atoms with Crippen molar-refractivity contribution in [2.24, 2.45) is 11.7 Å². The fraction of sp³-hybridized carbons (Fsp3) is 0.600. The zero-order valence-electron chi connectivity index (χ0n) is 12.4. The molecule has 0 bridgehead atoms. The molecule has 0 saturated carbocycles. The summed E-state index contributed by atoms with van der Waals surface area (Å²) in [5.74, 6) is 0.646. The van der Waals surface area contributed by atoms with E-state index in [1.807, 2.05) is 0 Å². The van der Waals surface area contributed by atoms with E-state index in [9.17, 15) is 8.42 Å². The third kappa shape index (κ3) is 3.77. The molecule has 4 nitrogen and oxygen atoms in total. The van der Waals surface area contributed by atoms with Gasteiger partial charge in [-0.3, -0.25) is 0 Å². The summed E-state index contributed by atoms with van der Waals surface area (Å²) in [5, 5.41) is 0.267. The molecule has 1 heterocycles. The Hall–Kier alpha value is -0.620. The van der Waals surface area contributed by atoms with Crippen LogP contribution in [0.5, 0.6) is 0 Å². The standard InChI is InChI=1S/C15H23ClN2O2S/c1-2-3-12-6-8-18(9-7-12)21(19,20)15-10-13(11-17)4-5-14(15)16/h4-5,10,12H,2-3,6-9,11,17H2,1H3. The minimum absolute atomic E-state index is 0.182. The largest absolute Gasteiger partial charge is 0.326 e. The Morgan fingerprint density at radius 2 is 2.00 bits per heavy atom. The highest BCUT2D eigenvalue weighted by atomic mass is 35.5. The molecule has 2 N–H and O–H groups in total. The van der Waals surface area contributed by atoms with Crippen LogP contribution in [0.1, 0.15) is 38.2 Å². The smallest absolute Gasteiger partial charge is 0.244 e. The van der Waals surface area contributed by atoms with E-state index in [0.29, 0.717) is 25.6 Å². The van der Waals surface area contributed by atoms with Gasteiger partial charge >= 0.3 is 0 Å². The third-order valence-corrected chi connectivity index (χ3v) is 6.50. The fourth-order valence-electron chi connectivity index (χ4n) is 2.86. The van der Waals surface area contributed by atoms with Crippen molar-refractivity contribution in [2.45, 2.75) is 44.0 Å². The maximum Gasteiger partial charge on any atom is 0.244 e. The Morgan fingerprint density at radius 1 is 1.33 bits per heavy atom. The molecule has 1 saturated heterocycles. The first-order valence-corrected chi connectivity index (χ1v) is 9.29. The van der Waals surface area contributed by atoms with E-state index in [0.717, 1.165) is 24.8 Å². The lowest BCUT2D eigenvalue weighted by Gasteiger charge is -2.31. The number of halogens is 1. The van der Waals surface area contributed by atoms with E-state index in [1.165, 1.54) is 6.42 Å². The first kappa shape index (κ1) is 16.7. The van der Waals surface area contributed by atoms with Crippen molar-refractivity contribution in [3.05, 3.63) is 28.8 Å². The van der Waals surface area contributed by atoms with Gasteiger partial charge in [0.15, 0.2) is 0 Å². The van der Waals surface area contributed by atoms with Crippen LogP contribution in [0.25, 0.3) is 0 Å². The minimum atomic E-state index is -3.52. The highest BCUT2D eigenvalue weighted by Gasteiger charge is 2.30. The van der Waals surface area contributed by atoms with Crippen molar-refractivity contribution in [1.29, 1.82) is 0 Å². The Labute approximate surface area is 132 Å². The Bertz CT molecular complexity index is 581. The van der Waals surface area contributed by atoms with Crippen LogP contribution < -0.4 is 5.73 Å². The van der Waals surface area contributed by atoms with Crippen molar-refractivity contribution in [1.82, 2.24) is 4.31 Å². The average Bonchev–Trinajstić information content (AvgIpc) is 2.48. The van der Waals surface area contributed by atoms with Crippen LogP contribution in [0.15, 0.2) is 23.1 Å². The molecule has 0 aromatic heterocycles. The molecule has 0 radical (unpaired) electrons. The highest BCUT2D eigenvalue weighted by molar-refractivity contribution is 7.89. The Balaban J connectivity index is 2.19. The average molecular weight is 331 g/mol. The first-order valence-electron chi connectivity index (χ1n) is 7.47. The number of hydrogen-bond acceptors (Lipinski definition) is 3. The zero-order chi connectivity index (χ0) is 15.5. The van der Waals surface area contributed by atoms with Gasteiger partial charge < -0.3 is 5.73 Å². The van der Waals surface area contributed by atoms with Crippen LogP contribution in [0, 0.1) is 5.92 Å². The number of nitrogens with zero attached hydrogens (tertiary/aromatic N) is 1. The predicted molar refractivity (Wildman–Crippen MR) is 85.7 cm³/mol. The molecule has 118 valence electrons. The van der Waals surface area contributed by atoms with Crippen molar-refractivity contribution >= 4 is 21.6 Å². The summed E-state index contributed by atoms with van der Waals surface area (Å²) < 4.78 is 27.0. The molecule has 0 spiro atoms. The summed E-state index contributed by atoms with van der Waals surface area (Å²) in [6, 6.07) is 4.96. The van der Waals surface area contributed by atoms with Crippen LogP contribution in [0.2, 0.25) is 5.02 Å². The molecule has 1 aliphatic rings. The zero-order valence-corrected chi connectivity index (χ0v) is 14.0. The van der Waals surface area contributed by atoms with Crippen molar-refractivity contribution < 1.29 is 8.42 Å². The maximum absolute atomic E-state index is 12.7. The normalized spacial score (nSPS) is 18.0. The maximum atomic E-state index is 12.7. The summed E-state index contributed by atoms with van der Waals surface area (Å²) in [6.45, 7) is 3.63. The van der Waals surface area contributed by atoms with E-state index < -0.39 is 10.0 Å². The number of piperidine rings is 1. The molecular weight excluding hydrogens is 308 g/mol. The fourth-order valence-corrected chi connectivity index (χ4v) is 4.85. The van der Waals surface area contributed by atoms with Gasteiger partial charge in [-0.1, -0.05) is 37.4 Å². The molecular formula is C15H23ClN2O2S. The predicted octanol–water partition coefficient (Wildman–Crippen LogP) is 3.00. The number of rotatable bonds is 5. The van der Waals surface area contributed by atoms with Gasteiger partial charge in [0.1, 0.15) is 4.90 Å². The summed E-state index contributed by atoms with van der Waals surface area (Å²) in [6.07, 6.45) is 4.20. The molecule has 21 heavy (non-hydrogen) atoms. The lowest BCUT2D eigenvalue weighted by molar-refractivity contribution is 0.262. The second-order valence-corrected chi connectivity index (χ2v) is 7.92. The molecule has 0 unspecified atom stereocenters. The van der Waals surface area contributed by atoms with Crippen molar-refractivity contribution in [3.8, 4) is 0 Å². The molecule has 2 rings (SSSR count). The van der Waals surface area contributed by atoms with Crippen molar-refractivity contribution in [2.75, 3.05) is 13.1 Å². The SMILES string of the molecule is CCCC1CCN(S(=O)(=O)c2cc(CN)ccc2Cl)CC1. The van der Waals surface area contributed by atoms with Gasteiger partial charge in [0, 0.05) is 19.6 Å². The molecule has 0 amide bonds. The van der Waals surface area contributed by atoms with Crippen molar-refractivity contribution in [3.63, 3.8) is 0 Å². The molecule has 1 aliphatic heterocycles. The molecule has 1 aromatic rings. The summed E-state index contributed by atoms with van der Waals surface area (Å²) >= 11 is 6.09. The van der Waals surface area contributed by atoms with E-state index in [4.69, 9.17) is 17.3 Å². The molecule has 1 aromatic carbocycles. The van der Waals surface area contributed by atoms with E-state index in [-0.39, 0.29) is 9.92 Å². The van der Waals surface area contributed by atoms with E-state index >= 15 is 0 Å². The topological polar surface area (TPSA) is 63.4 Å². The molecule has 1 fully saturated rings. The van der Waals surface area contributed by atoms with Gasteiger partial charge in [-0.2, -0.15) is 4.31 Å². The second kappa shape index (κ2) is 7.09. The van der Waals surface area contributed by atoms with E-state index in [1.54, 1.807) is 22.5 Å². The van der Waals surface area contributed by atoms with Crippen LogP contribution in [-0.4, -0.2) is 25.8 Å². The second-order valence-electron chi connectivity index (χ2n) is 5.61. The molecule has 6 heteroatoms. The highest BCUT2D eigenvalue weighted by Crippen LogP contribution is 2.30. The quantitative estimate of drug-likeness (QED) is 0.902. The summed E-state index contributed by atoms with van der Waals surface area (Å²) in [5.41, 5.74) is 6.37. The van der Waals surface area contributed by atoms with Crippen LogP contribution in [0.3, 0.4) is 0 Å². The third-order valence-electron chi connectivity index (χ3n) is 4.12. The molecule has 0 atom stereocenters. The number of benzene rings is 1. The van der Waals surface area contributed by atoms with Crippen LogP contribution in [-0.2, 0) is 16.6 Å². The number of sulfonamides is 1. The van der Waals surface area contributed by atoms with Gasteiger partial charge in [0.05, 0.1) is 5.02 Å². The van der Waals surface area contributed by atoms with Crippen LogP contribution in [0.4, 0.5) is 0 Å². The van der Waals surface area contributed by atoms with Gasteiger partial charge in [0.25, 0.3) is 0 Å². The van der Waals surface area contributed by atoms with Crippen LogP contribution >= 0.6 is 11.6 Å². The van der Waals surface area contributed by atoms with Gasteiger partial charge in [0.2, 0.25) is 10.0 Å². The van der Waals surface area contributed by atoms with Gasteiger partial charge in [-0.25, -0.2) is 8.42 Å². The lowest BCUT2D eigenvalue weighted by Crippen LogP contribution is -2.38. The monoisotopic (exact) mass is 330 g/mol. The minimum Gasteiger partial charge on any atom is -0.326 e. The summed E-state index contributed by atoms with van der Waals surface area (Å²) in [7, 11) is -3.52. The molecule has 0 aliphatic carbocycles. The Morgan fingerprint density at radius 3 is 2.57 bits per heavy atom. The lowest BCUT2D eigenvalue weighted by atomic mass is 9.94. The number of hydrogen-bond donors (Lipinski definition) is 1. The van der Waals surface area contributed by atoms with E-state index in [2.05, 4.69) is 6.92 Å². The summed E-state index contributed by atoms with van der Waals surface area (Å²) in [4.78, 5) is 0.182. The van der Waals surface area contributed by atoms with Gasteiger partial charge in [-0.15, -0.1) is 0 Å². The van der Waals surface area contributed by atoms with Gasteiger partial charge in [-0.05, 0) is 36.5 Å². The number of nitrogens with two attached hydrogens (primary N) is 1.